The fourth-order valence-electron chi connectivity index (χ4n) is 10.7. The number of aromatic nitrogens is 12. The van der Waals surface area contributed by atoms with E-state index < -0.39 is 11.2 Å². The molecule has 0 spiro atoms. The average Bonchev–Trinajstić information content (AvgIpc) is 4.18. The van der Waals surface area contributed by atoms with Crippen LogP contribution in [0.5, 0.6) is 11.5 Å². The third-order valence-electron chi connectivity index (χ3n) is 14.1. The SMILES string of the molecule is COc1ccc(Cn2nc3[nH]c(=O)n(C)c(=O)c3c2-c2ccc3nn(C)cc3c2Cl)cc1.COc1ccc(Cn2nc3nc(N4[C@@H]5CC[C@H]4CC(C)C5)n(C)c(=O)c3c2-c2ccc3nn(C)cc3c2Cl)cc1. The normalized spacial score (nSPS) is 16.6. The minimum atomic E-state index is -0.531. The van der Waals surface area contributed by atoms with E-state index in [1.807, 2.05) is 111 Å². The number of nitrogens with zero attached hydrogens (tertiary/aromatic N) is 12. The number of rotatable bonds is 9. The number of anilines is 1. The van der Waals surface area contributed by atoms with E-state index in [1.165, 1.54) is 7.05 Å². The van der Waals surface area contributed by atoms with Crippen molar-refractivity contribution < 1.29 is 9.47 Å². The van der Waals surface area contributed by atoms with Crippen molar-refractivity contribution in [3.05, 3.63) is 138 Å². The van der Waals surface area contributed by atoms with Crippen LogP contribution in [0.3, 0.4) is 0 Å². The van der Waals surface area contributed by atoms with Crippen molar-refractivity contribution in [3.8, 4) is 34.0 Å². The lowest BCUT2D eigenvalue weighted by Gasteiger charge is -2.39. The maximum Gasteiger partial charge on any atom is 0.329 e. The molecule has 6 aromatic heterocycles. The van der Waals surface area contributed by atoms with Crippen LogP contribution in [0.1, 0.15) is 43.7 Å². The lowest BCUT2D eigenvalue weighted by atomic mass is 9.93. The number of aryl methyl sites for hydroxylation is 2. The van der Waals surface area contributed by atoms with Gasteiger partial charge in [-0.15, -0.1) is 0 Å². The average molecular weight is 1010 g/mol. The molecule has 2 aliphatic rings. The molecule has 2 bridgehead atoms. The number of hydrogen-bond acceptors (Lipinski definition) is 11. The number of halogens is 2. The first-order valence-corrected chi connectivity index (χ1v) is 24.4. The van der Waals surface area contributed by atoms with Gasteiger partial charge in [-0.25, -0.2) is 4.79 Å². The van der Waals surface area contributed by atoms with Crippen LogP contribution in [0.2, 0.25) is 10.0 Å². The third kappa shape index (κ3) is 7.98. The molecular formula is C52H51Cl2N13O5. The summed E-state index contributed by atoms with van der Waals surface area (Å²) >= 11 is 13.8. The quantitative estimate of drug-likeness (QED) is 0.149. The Kier molecular flexibility index (Phi) is 11.8. The second-order valence-corrected chi connectivity index (χ2v) is 19.7. The molecule has 12 rings (SSSR count). The van der Waals surface area contributed by atoms with Crippen LogP contribution in [-0.4, -0.2) is 84.5 Å². The number of piperidine rings is 1. The number of ether oxygens (including phenoxy) is 2. The second-order valence-electron chi connectivity index (χ2n) is 18.9. The largest absolute Gasteiger partial charge is 0.497 e. The lowest BCUT2D eigenvalue weighted by molar-refractivity contribution is 0.356. The number of hydrogen-bond donors (Lipinski definition) is 1. The summed E-state index contributed by atoms with van der Waals surface area (Å²) in [5.41, 5.74) is 5.63. The number of nitrogens with one attached hydrogen (secondary N) is 1. The Morgan fingerprint density at radius 2 is 1.11 bits per heavy atom. The maximum absolute atomic E-state index is 14.2. The summed E-state index contributed by atoms with van der Waals surface area (Å²) in [7, 11) is 10.2. The summed E-state index contributed by atoms with van der Waals surface area (Å²) in [5, 5.41) is 21.8. The minimum Gasteiger partial charge on any atom is -0.497 e. The highest BCUT2D eigenvalue weighted by atomic mass is 35.5. The van der Waals surface area contributed by atoms with Gasteiger partial charge in [-0.3, -0.25) is 42.4 Å². The van der Waals surface area contributed by atoms with E-state index in [0.29, 0.717) is 80.5 Å². The van der Waals surface area contributed by atoms with Gasteiger partial charge >= 0.3 is 5.69 Å². The molecule has 2 aliphatic heterocycles. The van der Waals surface area contributed by atoms with E-state index in [9.17, 15) is 14.4 Å². The molecule has 10 aromatic rings. The molecule has 2 fully saturated rings. The van der Waals surface area contributed by atoms with Crippen LogP contribution in [0, 0.1) is 5.92 Å². The Morgan fingerprint density at radius 3 is 1.62 bits per heavy atom. The Balaban J connectivity index is 0.000000160. The molecule has 0 saturated carbocycles. The van der Waals surface area contributed by atoms with Gasteiger partial charge in [0, 0.05) is 74.6 Å². The van der Waals surface area contributed by atoms with Crippen molar-refractivity contribution >= 4 is 73.0 Å². The van der Waals surface area contributed by atoms with Gasteiger partial charge in [-0.05, 0) is 91.3 Å². The molecule has 1 N–H and O–H groups in total. The molecular weight excluding hydrogens is 958 g/mol. The second kappa shape index (κ2) is 18.2. The summed E-state index contributed by atoms with van der Waals surface area (Å²) in [6, 6.07) is 23.8. The smallest absolute Gasteiger partial charge is 0.329 e. The molecule has 3 atom stereocenters. The molecule has 0 radical (unpaired) electrons. The zero-order valence-electron chi connectivity index (χ0n) is 40.7. The van der Waals surface area contributed by atoms with E-state index in [0.717, 1.165) is 80.2 Å². The molecule has 0 aliphatic carbocycles. The van der Waals surface area contributed by atoms with Crippen LogP contribution in [0.4, 0.5) is 5.95 Å². The number of H-pyrrole nitrogens is 1. The van der Waals surface area contributed by atoms with Crippen molar-refractivity contribution in [2.75, 3.05) is 19.1 Å². The predicted octanol–water partition coefficient (Wildman–Crippen LogP) is 7.85. The van der Waals surface area contributed by atoms with Crippen LogP contribution in [0.15, 0.2) is 99.6 Å². The van der Waals surface area contributed by atoms with Gasteiger partial charge < -0.3 is 14.4 Å². The number of aromatic amines is 1. The van der Waals surface area contributed by atoms with Crippen molar-refractivity contribution in [3.63, 3.8) is 0 Å². The van der Waals surface area contributed by atoms with Crippen LogP contribution >= 0.6 is 23.2 Å². The Labute approximate surface area is 421 Å². The van der Waals surface area contributed by atoms with E-state index in [4.69, 9.17) is 42.8 Å². The van der Waals surface area contributed by atoms with Gasteiger partial charge in [0.15, 0.2) is 11.3 Å². The van der Waals surface area contributed by atoms with E-state index in [2.05, 4.69) is 32.1 Å². The Morgan fingerprint density at radius 1 is 0.625 bits per heavy atom. The van der Waals surface area contributed by atoms with Crippen LogP contribution in [-0.2, 0) is 41.3 Å². The molecule has 8 heterocycles. The monoisotopic (exact) mass is 1010 g/mol. The first-order valence-electron chi connectivity index (χ1n) is 23.7. The molecule has 4 aromatic carbocycles. The molecule has 0 amide bonds. The molecule has 2 saturated heterocycles. The van der Waals surface area contributed by atoms with E-state index in [-0.39, 0.29) is 11.2 Å². The summed E-state index contributed by atoms with van der Waals surface area (Å²) in [4.78, 5) is 49.6. The number of fused-ring (bicyclic) bond motifs is 6. The molecule has 20 heteroatoms. The molecule has 18 nitrogen and oxygen atoms in total. The Hall–Kier alpha value is -7.70. The molecule has 368 valence electrons. The first-order chi connectivity index (χ1) is 34.7. The highest BCUT2D eigenvalue weighted by Gasteiger charge is 2.41. The zero-order valence-corrected chi connectivity index (χ0v) is 42.2. The highest BCUT2D eigenvalue weighted by molar-refractivity contribution is 6.39. The lowest BCUT2D eigenvalue weighted by Crippen LogP contribution is -2.45. The summed E-state index contributed by atoms with van der Waals surface area (Å²) < 4.78 is 20.3. The van der Waals surface area contributed by atoms with Gasteiger partial charge in [-0.1, -0.05) is 54.4 Å². The van der Waals surface area contributed by atoms with Crippen molar-refractivity contribution in [1.82, 2.24) is 58.2 Å². The van der Waals surface area contributed by atoms with Gasteiger partial charge in [0.25, 0.3) is 11.1 Å². The molecule has 72 heavy (non-hydrogen) atoms. The zero-order chi connectivity index (χ0) is 50.3. The fourth-order valence-corrected chi connectivity index (χ4v) is 11.3. The standard InChI is InChI=1S/C30H32ClN7O2.C22H19ClN6O3/c1-17-13-19-7-8-20(14-17)38(19)30-32-28-25(29(39)36(30)3)27(22-11-12-24-23(26(22)31)16-35(2)33-24)37(34-28)15-18-5-9-21(40-4)10-6-18;1-27-11-15-16(25-27)9-8-14(18(15)23)19-17-20(24-22(31)28(2)21(17)30)26-29(19)10-12-4-6-13(32-3)7-5-12/h5-6,9-12,16-17,19-20H,7-8,13-15H2,1-4H3;4-9,11H,10H2,1-3H3,(H,24,26,31)/t17?,19-,20+;. The first kappa shape index (κ1) is 46.7. The van der Waals surface area contributed by atoms with E-state index in [1.54, 1.807) is 32.8 Å². The maximum atomic E-state index is 14.2. The third-order valence-corrected chi connectivity index (χ3v) is 14.9. The van der Waals surface area contributed by atoms with E-state index >= 15 is 0 Å². The van der Waals surface area contributed by atoms with Gasteiger partial charge in [0.1, 0.15) is 22.3 Å². The summed E-state index contributed by atoms with van der Waals surface area (Å²) in [6.07, 6.45) is 8.26. The van der Waals surface area contributed by atoms with Crippen molar-refractivity contribution in [2.24, 2.45) is 34.1 Å². The fraction of sp³-hybridized carbons (Fsp3) is 0.308. The van der Waals surface area contributed by atoms with Crippen LogP contribution < -0.4 is 31.2 Å². The topological polar surface area (TPSA) is 183 Å². The number of benzene rings is 4. The van der Waals surface area contributed by atoms with Gasteiger partial charge in [0.05, 0.1) is 59.8 Å². The predicted molar refractivity (Wildman–Crippen MR) is 280 cm³/mol. The molecule has 1 unspecified atom stereocenters. The highest BCUT2D eigenvalue weighted by Crippen LogP contribution is 2.42. The van der Waals surface area contributed by atoms with Gasteiger partial charge in [0.2, 0.25) is 5.95 Å². The summed E-state index contributed by atoms with van der Waals surface area (Å²) in [6.45, 7) is 3.14. The van der Waals surface area contributed by atoms with Crippen molar-refractivity contribution in [1.29, 1.82) is 0 Å². The van der Waals surface area contributed by atoms with Crippen LogP contribution in [0.25, 0.3) is 66.4 Å². The number of methoxy groups -OCH3 is 2. The van der Waals surface area contributed by atoms with Crippen molar-refractivity contribution in [2.45, 2.75) is 57.8 Å². The van der Waals surface area contributed by atoms with Gasteiger partial charge in [-0.2, -0.15) is 25.4 Å². The Bertz CT molecular complexity index is 3920. The minimum absolute atomic E-state index is 0.114. The summed E-state index contributed by atoms with van der Waals surface area (Å²) in [5.74, 6) is 2.92.